The summed E-state index contributed by atoms with van der Waals surface area (Å²) in [6.07, 6.45) is -0.992. The molecule has 3 N–H and O–H groups in total. The molecule has 2 amide bonds. The number of benzene rings is 2. The van der Waals surface area contributed by atoms with E-state index < -0.39 is 17.9 Å². The summed E-state index contributed by atoms with van der Waals surface area (Å²) in [6.45, 7) is -0.115. The number of aliphatic hydroxyl groups excluding tert-OH is 1. The predicted molar refractivity (Wildman–Crippen MR) is 92.6 cm³/mol. The van der Waals surface area contributed by atoms with E-state index in [4.69, 9.17) is 9.47 Å². The van der Waals surface area contributed by atoms with Crippen molar-refractivity contribution in [3.8, 4) is 11.5 Å². The van der Waals surface area contributed by atoms with Crippen LogP contribution in [0.15, 0.2) is 48.5 Å². The molecule has 0 spiro atoms. The van der Waals surface area contributed by atoms with E-state index in [9.17, 15) is 14.7 Å². The van der Waals surface area contributed by atoms with Crippen molar-refractivity contribution in [3.05, 3.63) is 54.1 Å². The Morgan fingerprint density at radius 1 is 1.00 bits per heavy atom. The average molecular weight is 344 g/mol. The molecule has 7 nitrogen and oxygen atoms in total. The first kappa shape index (κ1) is 18.3. The van der Waals surface area contributed by atoms with Crippen molar-refractivity contribution in [2.24, 2.45) is 0 Å². The van der Waals surface area contributed by atoms with Crippen molar-refractivity contribution in [1.29, 1.82) is 0 Å². The number of amides is 2. The van der Waals surface area contributed by atoms with Crippen LogP contribution in [0.25, 0.3) is 0 Å². The minimum atomic E-state index is -0.992. The Morgan fingerprint density at radius 2 is 1.68 bits per heavy atom. The van der Waals surface area contributed by atoms with Gasteiger partial charge in [0.25, 0.3) is 0 Å². The van der Waals surface area contributed by atoms with Crippen LogP contribution in [0.4, 0.5) is 5.69 Å². The van der Waals surface area contributed by atoms with Crippen LogP contribution in [0.3, 0.4) is 0 Å². The molecule has 0 fully saturated rings. The molecule has 2 aromatic rings. The van der Waals surface area contributed by atoms with Gasteiger partial charge in [-0.15, -0.1) is 0 Å². The Morgan fingerprint density at radius 3 is 2.32 bits per heavy atom. The highest BCUT2D eigenvalue weighted by Crippen LogP contribution is 2.29. The Bertz CT molecular complexity index is 734. The number of anilines is 1. The second-order valence-corrected chi connectivity index (χ2v) is 5.16. The smallest absolute Gasteiger partial charge is 0.313 e. The van der Waals surface area contributed by atoms with Gasteiger partial charge in [-0.25, -0.2) is 0 Å². The second-order valence-electron chi connectivity index (χ2n) is 5.16. The molecule has 0 radical (unpaired) electrons. The zero-order valence-electron chi connectivity index (χ0n) is 14.0. The number of rotatable bonds is 6. The molecule has 0 heterocycles. The Balaban J connectivity index is 1.91. The Labute approximate surface area is 145 Å². The molecule has 1 atom stereocenters. The lowest BCUT2D eigenvalue weighted by Gasteiger charge is -2.15. The minimum Gasteiger partial charge on any atom is -0.493 e. The zero-order valence-corrected chi connectivity index (χ0v) is 14.0. The molecule has 0 aliphatic carbocycles. The van der Waals surface area contributed by atoms with Crippen LogP contribution in [0.5, 0.6) is 11.5 Å². The third-order valence-corrected chi connectivity index (χ3v) is 3.49. The number of aliphatic hydroxyl groups is 1. The van der Waals surface area contributed by atoms with E-state index >= 15 is 0 Å². The van der Waals surface area contributed by atoms with Crippen LogP contribution in [0, 0.1) is 0 Å². The molecular weight excluding hydrogens is 324 g/mol. The van der Waals surface area contributed by atoms with Crippen LogP contribution in [-0.4, -0.2) is 37.7 Å². The Hall–Kier alpha value is -3.06. The monoisotopic (exact) mass is 344 g/mol. The minimum absolute atomic E-state index is 0.115. The standard InChI is InChI=1S/C18H20N2O5/c1-24-15-9-8-12(10-16(15)25-2)14(21)11-19-17(22)18(23)20-13-6-4-3-5-7-13/h3-10,14,21H,11H2,1-2H3,(H,19,22)(H,20,23). The molecule has 0 aromatic heterocycles. The largest absolute Gasteiger partial charge is 0.493 e. The topological polar surface area (TPSA) is 96.9 Å². The van der Waals surface area contributed by atoms with Gasteiger partial charge in [0.05, 0.1) is 20.3 Å². The maximum Gasteiger partial charge on any atom is 0.313 e. The summed E-state index contributed by atoms with van der Waals surface area (Å²) in [5.74, 6) is -0.633. The third kappa shape index (κ3) is 4.95. The van der Waals surface area contributed by atoms with Gasteiger partial charge in [0.15, 0.2) is 11.5 Å². The molecule has 7 heteroatoms. The molecule has 2 aromatic carbocycles. The molecule has 0 aliphatic rings. The first-order chi connectivity index (χ1) is 12.0. The molecule has 0 saturated heterocycles. The van der Waals surface area contributed by atoms with Crippen molar-refractivity contribution in [3.63, 3.8) is 0 Å². The van der Waals surface area contributed by atoms with Gasteiger partial charge in [-0.1, -0.05) is 24.3 Å². The number of ether oxygens (including phenoxy) is 2. The highest BCUT2D eigenvalue weighted by Gasteiger charge is 2.17. The van der Waals surface area contributed by atoms with Crippen molar-refractivity contribution >= 4 is 17.5 Å². The number of nitrogens with one attached hydrogen (secondary N) is 2. The van der Waals surface area contributed by atoms with Crippen LogP contribution in [-0.2, 0) is 9.59 Å². The number of hydrogen-bond acceptors (Lipinski definition) is 5. The second kappa shape index (κ2) is 8.70. The van der Waals surface area contributed by atoms with Crippen LogP contribution in [0.1, 0.15) is 11.7 Å². The van der Waals surface area contributed by atoms with Crippen LogP contribution in [0.2, 0.25) is 0 Å². The quantitative estimate of drug-likeness (QED) is 0.690. The van der Waals surface area contributed by atoms with Gasteiger partial charge in [0.2, 0.25) is 0 Å². The normalized spacial score (nSPS) is 11.3. The molecule has 0 aliphatic heterocycles. The van der Waals surface area contributed by atoms with E-state index in [-0.39, 0.29) is 6.54 Å². The summed E-state index contributed by atoms with van der Waals surface area (Å²) in [5, 5.41) is 15.0. The van der Waals surface area contributed by atoms with Crippen LogP contribution < -0.4 is 20.1 Å². The van der Waals surface area contributed by atoms with E-state index in [0.717, 1.165) is 0 Å². The number of carbonyl (C=O) groups is 2. The zero-order chi connectivity index (χ0) is 18.2. The van der Waals surface area contributed by atoms with Crippen molar-refractivity contribution < 1.29 is 24.2 Å². The van der Waals surface area contributed by atoms with E-state index in [1.54, 1.807) is 48.5 Å². The fourth-order valence-corrected chi connectivity index (χ4v) is 2.16. The van der Waals surface area contributed by atoms with Gasteiger partial charge in [-0.05, 0) is 29.8 Å². The van der Waals surface area contributed by atoms with Crippen molar-refractivity contribution in [1.82, 2.24) is 5.32 Å². The summed E-state index contributed by atoms with van der Waals surface area (Å²) in [6, 6.07) is 13.6. The number of methoxy groups -OCH3 is 2. The molecule has 0 saturated carbocycles. The van der Waals surface area contributed by atoms with Crippen molar-refractivity contribution in [2.45, 2.75) is 6.10 Å². The fraction of sp³-hybridized carbons (Fsp3) is 0.222. The lowest BCUT2D eigenvalue weighted by Crippen LogP contribution is -2.37. The number of para-hydroxylation sites is 1. The van der Waals surface area contributed by atoms with Gasteiger partial charge < -0.3 is 25.2 Å². The molecule has 0 bridgehead atoms. The number of hydrogen-bond donors (Lipinski definition) is 3. The summed E-state index contributed by atoms with van der Waals surface area (Å²) >= 11 is 0. The summed E-state index contributed by atoms with van der Waals surface area (Å²) in [4.78, 5) is 23.6. The third-order valence-electron chi connectivity index (χ3n) is 3.49. The SMILES string of the molecule is COc1ccc(C(O)CNC(=O)C(=O)Nc2ccccc2)cc1OC. The van der Waals surface area contributed by atoms with Gasteiger partial charge in [0, 0.05) is 12.2 Å². The first-order valence-electron chi connectivity index (χ1n) is 7.59. The van der Waals surface area contributed by atoms with Gasteiger partial charge in [-0.2, -0.15) is 0 Å². The lowest BCUT2D eigenvalue weighted by atomic mass is 10.1. The van der Waals surface area contributed by atoms with E-state index in [1.807, 2.05) is 0 Å². The fourth-order valence-electron chi connectivity index (χ4n) is 2.16. The average Bonchev–Trinajstić information content (AvgIpc) is 2.65. The van der Waals surface area contributed by atoms with E-state index in [1.165, 1.54) is 14.2 Å². The maximum atomic E-state index is 11.8. The van der Waals surface area contributed by atoms with Gasteiger partial charge >= 0.3 is 11.8 Å². The van der Waals surface area contributed by atoms with Gasteiger partial charge in [-0.3, -0.25) is 9.59 Å². The predicted octanol–water partition coefficient (Wildman–Crippen LogP) is 1.49. The van der Waals surface area contributed by atoms with E-state index in [2.05, 4.69) is 10.6 Å². The van der Waals surface area contributed by atoms with Crippen molar-refractivity contribution in [2.75, 3.05) is 26.1 Å². The highest BCUT2D eigenvalue weighted by molar-refractivity contribution is 6.39. The molecule has 2 rings (SSSR count). The lowest BCUT2D eigenvalue weighted by molar-refractivity contribution is -0.136. The van der Waals surface area contributed by atoms with E-state index in [0.29, 0.717) is 22.7 Å². The van der Waals surface area contributed by atoms with Crippen LogP contribution >= 0.6 is 0 Å². The Kier molecular flexibility index (Phi) is 6.36. The molecule has 1 unspecified atom stereocenters. The maximum absolute atomic E-state index is 11.8. The molecule has 25 heavy (non-hydrogen) atoms. The summed E-state index contributed by atoms with van der Waals surface area (Å²) in [7, 11) is 3.00. The number of carbonyl (C=O) groups excluding carboxylic acids is 2. The highest BCUT2D eigenvalue weighted by atomic mass is 16.5. The van der Waals surface area contributed by atoms with Gasteiger partial charge in [0.1, 0.15) is 0 Å². The molecular formula is C18H20N2O5. The summed E-state index contributed by atoms with van der Waals surface area (Å²) < 4.78 is 10.3. The first-order valence-corrected chi connectivity index (χ1v) is 7.59. The summed E-state index contributed by atoms with van der Waals surface area (Å²) in [5.41, 5.74) is 1.05. The molecule has 132 valence electrons.